The zero-order valence-corrected chi connectivity index (χ0v) is 37.5. The molecule has 19 heteroatoms. The molecule has 0 radical (unpaired) electrons. The van der Waals surface area contributed by atoms with Crippen molar-refractivity contribution in [3.8, 4) is 23.0 Å². The first-order valence-electron chi connectivity index (χ1n) is 21.0. The van der Waals surface area contributed by atoms with E-state index in [0.717, 1.165) is 57.5 Å². The van der Waals surface area contributed by atoms with Gasteiger partial charge in [-0.25, -0.2) is 9.97 Å². The first kappa shape index (κ1) is 49.5. The maximum absolute atomic E-state index is 12.4. The highest BCUT2D eigenvalue weighted by atomic mass is 16.6. The number of rotatable bonds is 15. The van der Waals surface area contributed by atoms with E-state index in [1.54, 1.807) is 62.6 Å². The molecule has 0 bridgehead atoms. The van der Waals surface area contributed by atoms with Gasteiger partial charge in [0.15, 0.2) is 0 Å². The molecule has 2 fully saturated rings. The molecule has 2 aromatic carbocycles. The van der Waals surface area contributed by atoms with Gasteiger partial charge in [-0.3, -0.25) is 29.5 Å². The van der Waals surface area contributed by atoms with Gasteiger partial charge in [-0.15, -0.1) is 0 Å². The molecule has 0 aliphatic carbocycles. The number of nitro benzene ring substituents is 1. The highest BCUT2D eigenvalue weighted by Gasteiger charge is 2.24. The van der Waals surface area contributed by atoms with Crippen LogP contribution in [-0.4, -0.2) is 152 Å². The molecule has 19 nitrogen and oxygen atoms in total. The van der Waals surface area contributed by atoms with Crippen molar-refractivity contribution in [2.45, 2.75) is 44.7 Å². The van der Waals surface area contributed by atoms with E-state index in [-0.39, 0.29) is 24.1 Å². The van der Waals surface area contributed by atoms with E-state index < -0.39 is 4.92 Å². The Balaban J connectivity index is 0.000000261. The van der Waals surface area contributed by atoms with E-state index >= 15 is 0 Å². The zero-order chi connectivity index (χ0) is 45.9. The summed E-state index contributed by atoms with van der Waals surface area (Å²) in [7, 11) is 11.8. The van der Waals surface area contributed by atoms with Gasteiger partial charge < -0.3 is 51.4 Å². The summed E-state index contributed by atoms with van der Waals surface area (Å²) in [6.45, 7) is 6.23. The van der Waals surface area contributed by atoms with Crippen LogP contribution in [-0.2, 0) is 9.59 Å². The van der Waals surface area contributed by atoms with Crippen molar-refractivity contribution in [2.24, 2.45) is 0 Å². The Morgan fingerprint density at radius 3 is 1.51 bits per heavy atom. The Morgan fingerprint density at radius 1 is 0.730 bits per heavy atom. The second-order valence-corrected chi connectivity index (χ2v) is 15.5. The Morgan fingerprint density at radius 2 is 1.13 bits per heavy atom. The number of nitrogens with one attached hydrogen (secondary N) is 4. The topological polar surface area (TPSA) is 229 Å². The number of piperidine rings is 2. The summed E-state index contributed by atoms with van der Waals surface area (Å²) >= 11 is 0. The average Bonchev–Trinajstić information content (AvgIpc) is 3.25. The summed E-state index contributed by atoms with van der Waals surface area (Å²) in [4.78, 5) is 52.8. The van der Waals surface area contributed by atoms with Crippen LogP contribution in [0.1, 0.15) is 32.6 Å². The van der Waals surface area contributed by atoms with Crippen molar-refractivity contribution in [3.05, 3.63) is 83.2 Å². The van der Waals surface area contributed by atoms with E-state index in [1.807, 2.05) is 19.2 Å². The van der Waals surface area contributed by atoms with Crippen molar-refractivity contribution in [1.29, 1.82) is 0 Å². The van der Waals surface area contributed by atoms with Gasteiger partial charge in [-0.1, -0.05) is 0 Å². The van der Waals surface area contributed by atoms with Gasteiger partial charge in [0.1, 0.15) is 40.3 Å². The summed E-state index contributed by atoms with van der Waals surface area (Å²) in [5.74, 6) is 2.57. The largest absolute Gasteiger partial charge is 0.457 e. The van der Waals surface area contributed by atoms with Crippen molar-refractivity contribution in [2.75, 3.05) is 115 Å². The number of hydrogen-bond donors (Lipinski definition) is 6. The molecule has 6 rings (SSSR count). The Bertz CT molecular complexity index is 2070. The van der Waals surface area contributed by atoms with Gasteiger partial charge in [0.2, 0.25) is 11.8 Å². The quantitative estimate of drug-likeness (QED) is 0.0509. The Labute approximate surface area is 370 Å². The third kappa shape index (κ3) is 16.3. The Hall–Kier alpha value is -6.12. The van der Waals surface area contributed by atoms with Crippen LogP contribution in [0.25, 0.3) is 0 Å². The number of aromatic nitrogens is 2. The number of nitro groups is 1. The smallest absolute Gasteiger partial charge is 0.296 e. The molecule has 7 N–H and O–H groups in total. The molecule has 342 valence electrons. The van der Waals surface area contributed by atoms with Crippen LogP contribution in [0.4, 0.5) is 34.4 Å². The predicted molar refractivity (Wildman–Crippen MR) is 248 cm³/mol. The van der Waals surface area contributed by atoms with Gasteiger partial charge in [0.05, 0.1) is 35.5 Å². The first-order valence-corrected chi connectivity index (χ1v) is 21.0. The lowest BCUT2D eigenvalue weighted by atomic mass is 10.0. The number of nitrogen functional groups attached to an aromatic ring is 1. The van der Waals surface area contributed by atoms with E-state index in [2.05, 4.69) is 79.0 Å². The Kier molecular flexibility index (Phi) is 19.7. The number of aliphatic hydroxyl groups excluding tert-OH is 1. The lowest BCUT2D eigenvalue weighted by Gasteiger charge is -2.34. The molecule has 2 amide bonds. The van der Waals surface area contributed by atoms with Crippen molar-refractivity contribution >= 4 is 46.2 Å². The number of likely N-dealkylation sites (tertiary alicyclic amines) is 2. The molecule has 0 saturated carbocycles. The number of amides is 2. The molecular formula is C44H64N12O7. The van der Waals surface area contributed by atoms with Gasteiger partial charge in [0, 0.05) is 89.6 Å². The molecule has 2 aliphatic rings. The predicted octanol–water partition coefficient (Wildman–Crippen LogP) is 5.25. The highest BCUT2D eigenvalue weighted by molar-refractivity contribution is 5.92. The van der Waals surface area contributed by atoms with Crippen LogP contribution < -0.4 is 36.5 Å². The summed E-state index contributed by atoms with van der Waals surface area (Å²) in [6.07, 6.45) is 7.37. The third-order valence-electron chi connectivity index (χ3n) is 10.5. The van der Waals surface area contributed by atoms with Crippen molar-refractivity contribution in [1.82, 2.24) is 29.6 Å². The van der Waals surface area contributed by atoms with E-state index in [0.29, 0.717) is 71.2 Å². The number of carbonyl (C=O) groups excluding carboxylic acids is 2. The minimum atomic E-state index is -0.474. The molecule has 0 atom stereocenters. The van der Waals surface area contributed by atoms with Crippen LogP contribution in [0.15, 0.2) is 73.1 Å². The lowest BCUT2D eigenvalue weighted by molar-refractivity contribution is -0.384. The summed E-state index contributed by atoms with van der Waals surface area (Å²) in [6, 6.07) is 17.8. The van der Waals surface area contributed by atoms with Crippen molar-refractivity contribution in [3.63, 3.8) is 0 Å². The number of nitrogens with zero attached hydrogens (tertiary/aromatic N) is 7. The second-order valence-electron chi connectivity index (χ2n) is 15.5. The van der Waals surface area contributed by atoms with E-state index in [9.17, 15) is 19.7 Å². The summed E-state index contributed by atoms with van der Waals surface area (Å²) in [5.41, 5.74) is 7.74. The molecule has 0 unspecified atom stereocenters. The van der Waals surface area contributed by atoms with Crippen LogP contribution >= 0.6 is 0 Å². The standard InChI is InChI=1S/C21H28N6O4.C21H30N6O2.C2H6O/c1-22-18-5-4-16(12-19(18)27(29)30)31-17-6-9-23-20(13-17)24-21(28)14-26-10-7-15(8-11-26)25(2)3;1-23-19-5-4-16(12-18(19)22)29-17-6-9-24-20(13-17)25-21(28)14-27-10-7-15(8-11-27)26(2)3;1-2-3/h4-6,9,12-13,15,22H,7-8,10-11,14H2,1-3H3,(H,23,24,28);4-6,9,12-13,15,23H,7-8,10-11,14,22H2,1-3H3,(H,24,25,28);3H,2H2,1H3. The number of pyridine rings is 2. The monoisotopic (exact) mass is 873 g/mol. The number of anilines is 5. The number of aliphatic hydroxyl groups is 1. The van der Waals surface area contributed by atoms with E-state index in [1.165, 1.54) is 12.3 Å². The molecule has 2 aliphatic heterocycles. The molecule has 4 heterocycles. The van der Waals surface area contributed by atoms with Crippen molar-refractivity contribution < 1.29 is 29.1 Å². The maximum Gasteiger partial charge on any atom is 0.296 e. The summed E-state index contributed by atoms with van der Waals surface area (Å²) < 4.78 is 11.6. The minimum absolute atomic E-state index is 0.0689. The van der Waals surface area contributed by atoms with Gasteiger partial charge in [-0.05, 0) is 97.2 Å². The van der Waals surface area contributed by atoms with Gasteiger partial charge in [-0.2, -0.15) is 0 Å². The summed E-state index contributed by atoms with van der Waals surface area (Å²) in [5, 5.41) is 30.2. The number of benzene rings is 2. The molecular weight excluding hydrogens is 809 g/mol. The number of hydrogen-bond acceptors (Lipinski definition) is 16. The van der Waals surface area contributed by atoms with Crippen LogP contribution in [0.2, 0.25) is 0 Å². The molecule has 63 heavy (non-hydrogen) atoms. The first-order chi connectivity index (χ1) is 30.2. The fourth-order valence-electron chi connectivity index (χ4n) is 7.09. The number of ether oxygens (including phenoxy) is 2. The normalized spacial score (nSPS) is 14.7. The third-order valence-corrected chi connectivity index (χ3v) is 10.5. The van der Waals surface area contributed by atoms with Crippen LogP contribution in [0, 0.1) is 10.1 Å². The lowest BCUT2D eigenvalue weighted by Crippen LogP contribution is -2.44. The van der Waals surface area contributed by atoms with Crippen LogP contribution in [0.5, 0.6) is 23.0 Å². The fraction of sp³-hybridized carbons (Fsp3) is 0.455. The molecule has 4 aromatic rings. The zero-order valence-electron chi connectivity index (χ0n) is 37.5. The SMILES string of the molecule is CCO.CNc1ccc(Oc2ccnc(NC(=O)CN3CCC(N(C)C)CC3)c2)cc1N.CNc1ccc(Oc2ccnc(NC(=O)CN3CCC(N(C)C)CC3)c2)cc1[N+](=O)[O-]. The van der Waals surface area contributed by atoms with Gasteiger partial charge in [0.25, 0.3) is 5.69 Å². The molecule has 0 spiro atoms. The average molecular weight is 873 g/mol. The van der Waals surface area contributed by atoms with E-state index in [4.69, 9.17) is 20.3 Å². The number of nitrogens with two attached hydrogens (primary N) is 1. The second kappa shape index (κ2) is 25.1. The maximum atomic E-state index is 12.4. The minimum Gasteiger partial charge on any atom is -0.457 e. The fourth-order valence-corrected chi connectivity index (χ4v) is 7.09. The highest BCUT2D eigenvalue weighted by Crippen LogP contribution is 2.32. The molecule has 2 saturated heterocycles. The van der Waals surface area contributed by atoms with Gasteiger partial charge >= 0.3 is 0 Å². The van der Waals surface area contributed by atoms with Crippen LogP contribution in [0.3, 0.4) is 0 Å². The molecule has 2 aromatic heterocycles. The number of carbonyl (C=O) groups is 2.